The summed E-state index contributed by atoms with van der Waals surface area (Å²) in [5.74, 6) is 0.678. The van der Waals surface area contributed by atoms with Crippen LogP contribution in [-0.2, 0) is 0 Å². The van der Waals surface area contributed by atoms with E-state index >= 15 is 0 Å². The lowest BCUT2D eigenvalue weighted by Crippen LogP contribution is -2.42. The van der Waals surface area contributed by atoms with Gasteiger partial charge in [-0.3, -0.25) is 4.79 Å². The van der Waals surface area contributed by atoms with Gasteiger partial charge in [0.2, 0.25) is 0 Å². The van der Waals surface area contributed by atoms with Crippen molar-refractivity contribution in [2.75, 3.05) is 33.3 Å². The first-order valence-corrected chi connectivity index (χ1v) is 7.84. The Balaban J connectivity index is 1.75. The number of benzene rings is 1. The standard InChI is InChI=1S/C16H21ClN2O2/c1-21-14-8-12(7-13(17)9-14)15(20)19-6-4-16(11-19)3-2-5-18-10-16/h7-9,18H,2-6,10-11H2,1H3/t16-/m1/s1. The number of likely N-dealkylation sites (tertiary alicyclic amines) is 1. The number of piperidine rings is 1. The van der Waals surface area contributed by atoms with Crippen LogP contribution in [-0.4, -0.2) is 44.1 Å². The molecule has 2 aliphatic rings. The number of amides is 1. The van der Waals surface area contributed by atoms with Gasteiger partial charge in [0.05, 0.1) is 7.11 Å². The maximum atomic E-state index is 12.7. The average Bonchev–Trinajstić information content (AvgIpc) is 2.90. The number of hydrogen-bond acceptors (Lipinski definition) is 3. The van der Waals surface area contributed by atoms with E-state index in [1.165, 1.54) is 12.8 Å². The van der Waals surface area contributed by atoms with Crippen LogP contribution in [0.2, 0.25) is 5.02 Å². The van der Waals surface area contributed by atoms with Crippen molar-refractivity contribution >= 4 is 17.5 Å². The van der Waals surface area contributed by atoms with Crippen molar-refractivity contribution in [3.8, 4) is 5.75 Å². The fourth-order valence-electron chi connectivity index (χ4n) is 3.47. The van der Waals surface area contributed by atoms with Gasteiger partial charge in [0.1, 0.15) is 5.75 Å². The van der Waals surface area contributed by atoms with E-state index in [-0.39, 0.29) is 11.3 Å². The van der Waals surface area contributed by atoms with Crippen LogP contribution < -0.4 is 10.1 Å². The van der Waals surface area contributed by atoms with Crippen LogP contribution in [0, 0.1) is 5.41 Å². The van der Waals surface area contributed by atoms with E-state index in [1.54, 1.807) is 25.3 Å². The summed E-state index contributed by atoms with van der Waals surface area (Å²) in [6.45, 7) is 3.79. The summed E-state index contributed by atoms with van der Waals surface area (Å²) in [6, 6.07) is 5.20. The molecule has 0 saturated carbocycles. The molecular formula is C16H21ClN2O2. The molecule has 1 spiro atoms. The van der Waals surface area contributed by atoms with Crippen molar-refractivity contribution in [3.05, 3.63) is 28.8 Å². The molecule has 0 aromatic heterocycles. The lowest BCUT2D eigenvalue weighted by molar-refractivity contribution is 0.0764. The molecule has 1 atom stereocenters. The fourth-order valence-corrected chi connectivity index (χ4v) is 3.70. The number of hydrogen-bond donors (Lipinski definition) is 1. The first-order valence-electron chi connectivity index (χ1n) is 7.46. The van der Waals surface area contributed by atoms with Crippen molar-refractivity contribution in [1.29, 1.82) is 0 Å². The molecule has 114 valence electrons. The van der Waals surface area contributed by atoms with Gasteiger partial charge in [-0.2, -0.15) is 0 Å². The van der Waals surface area contributed by atoms with Gasteiger partial charge in [-0.1, -0.05) is 11.6 Å². The minimum Gasteiger partial charge on any atom is -0.497 e. The van der Waals surface area contributed by atoms with E-state index < -0.39 is 0 Å². The van der Waals surface area contributed by atoms with Crippen LogP contribution in [0.3, 0.4) is 0 Å². The molecule has 0 bridgehead atoms. The highest BCUT2D eigenvalue weighted by Gasteiger charge is 2.40. The van der Waals surface area contributed by atoms with Crippen LogP contribution in [0.1, 0.15) is 29.6 Å². The molecule has 3 rings (SSSR count). The number of rotatable bonds is 2. The smallest absolute Gasteiger partial charge is 0.254 e. The minimum absolute atomic E-state index is 0.0539. The maximum Gasteiger partial charge on any atom is 0.254 e. The molecule has 0 unspecified atom stereocenters. The van der Waals surface area contributed by atoms with Crippen molar-refractivity contribution in [2.45, 2.75) is 19.3 Å². The van der Waals surface area contributed by atoms with Gasteiger partial charge in [0.15, 0.2) is 0 Å². The normalized spacial score (nSPS) is 25.3. The van der Waals surface area contributed by atoms with Crippen LogP contribution in [0.15, 0.2) is 18.2 Å². The second-order valence-corrected chi connectivity index (χ2v) is 6.57. The second kappa shape index (κ2) is 5.85. The zero-order valence-corrected chi connectivity index (χ0v) is 13.1. The molecule has 1 aromatic carbocycles. The number of nitrogens with zero attached hydrogens (tertiary/aromatic N) is 1. The van der Waals surface area contributed by atoms with Gasteiger partial charge < -0.3 is 15.0 Å². The SMILES string of the molecule is COc1cc(Cl)cc(C(=O)N2CC[C@@]3(CCCNC3)C2)c1. The highest BCUT2D eigenvalue weighted by molar-refractivity contribution is 6.31. The molecule has 4 nitrogen and oxygen atoms in total. The monoisotopic (exact) mass is 308 g/mol. The van der Waals surface area contributed by atoms with Crippen molar-refractivity contribution < 1.29 is 9.53 Å². The van der Waals surface area contributed by atoms with Crippen LogP contribution in [0.4, 0.5) is 0 Å². The Morgan fingerprint density at radius 1 is 1.38 bits per heavy atom. The summed E-state index contributed by atoms with van der Waals surface area (Å²) >= 11 is 6.06. The van der Waals surface area contributed by atoms with E-state index in [0.29, 0.717) is 16.3 Å². The van der Waals surface area contributed by atoms with Crippen molar-refractivity contribution in [2.24, 2.45) is 5.41 Å². The molecule has 21 heavy (non-hydrogen) atoms. The topological polar surface area (TPSA) is 41.6 Å². The average molecular weight is 309 g/mol. The number of methoxy groups -OCH3 is 1. The van der Waals surface area contributed by atoms with Crippen molar-refractivity contribution in [1.82, 2.24) is 10.2 Å². The predicted octanol–water partition coefficient (Wildman–Crippen LogP) is 2.56. The summed E-state index contributed by atoms with van der Waals surface area (Å²) in [7, 11) is 1.58. The van der Waals surface area contributed by atoms with Gasteiger partial charge >= 0.3 is 0 Å². The fraction of sp³-hybridized carbons (Fsp3) is 0.562. The van der Waals surface area contributed by atoms with Crippen LogP contribution in [0.25, 0.3) is 0 Å². The minimum atomic E-state index is 0.0539. The maximum absolute atomic E-state index is 12.7. The highest BCUT2D eigenvalue weighted by Crippen LogP contribution is 2.37. The molecule has 1 aromatic rings. The number of ether oxygens (including phenoxy) is 1. The second-order valence-electron chi connectivity index (χ2n) is 6.14. The molecule has 0 aliphatic carbocycles. The lowest BCUT2D eigenvalue weighted by Gasteiger charge is -2.33. The Hall–Kier alpha value is -1.26. The third-order valence-electron chi connectivity index (χ3n) is 4.64. The zero-order valence-electron chi connectivity index (χ0n) is 12.3. The lowest BCUT2D eigenvalue weighted by atomic mass is 9.80. The van der Waals surface area contributed by atoms with E-state index in [9.17, 15) is 4.79 Å². The van der Waals surface area contributed by atoms with E-state index in [4.69, 9.17) is 16.3 Å². The molecule has 1 N–H and O–H groups in total. The quantitative estimate of drug-likeness (QED) is 0.913. The molecule has 1 amide bonds. The molecule has 2 heterocycles. The van der Waals surface area contributed by atoms with E-state index in [0.717, 1.165) is 32.6 Å². The molecular weight excluding hydrogens is 288 g/mol. The Morgan fingerprint density at radius 3 is 2.95 bits per heavy atom. The molecule has 2 fully saturated rings. The first kappa shape index (κ1) is 14.7. The Labute approximate surface area is 130 Å². The zero-order chi connectivity index (χ0) is 14.9. The summed E-state index contributed by atoms with van der Waals surface area (Å²) in [6.07, 6.45) is 3.50. The molecule has 0 radical (unpaired) electrons. The summed E-state index contributed by atoms with van der Waals surface area (Å²) < 4.78 is 5.19. The van der Waals surface area contributed by atoms with Crippen LogP contribution >= 0.6 is 11.6 Å². The number of carbonyl (C=O) groups excluding carboxylic acids is 1. The number of carbonyl (C=O) groups is 1. The highest BCUT2D eigenvalue weighted by atomic mass is 35.5. The van der Waals surface area contributed by atoms with Gasteiger partial charge in [-0.25, -0.2) is 0 Å². The summed E-state index contributed by atoms with van der Waals surface area (Å²) in [5.41, 5.74) is 0.886. The third kappa shape index (κ3) is 3.01. The molecule has 5 heteroatoms. The van der Waals surface area contributed by atoms with Crippen LogP contribution in [0.5, 0.6) is 5.75 Å². The van der Waals surface area contributed by atoms with Crippen molar-refractivity contribution in [3.63, 3.8) is 0 Å². The van der Waals surface area contributed by atoms with E-state index in [2.05, 4.69) is 5.32 Å². The largest absolute Gasteiger partial charge is 0.497 e. The first-order chi connectivity index (χ1) is 10.1. The number of nitrogens with one attached hydrogen (secondary N) is 1. The summed E-state index contributed by atoms with van der Waals surface area (Å²) in [4.78, 5) is 14.6. The molecule has 2 saturated heterocycles. The van der Waals surface area contributed by atoms with Gasteiger partial charge in [0.25, 0.3) is 5.91 Å². The van der Waals surface area contributed by atoms with Gasteiger partial charge in [-0.05, 0) is 44.0 Å². The van der Waals surface area contributed by atoms with E-state index in [1.807, 2.05) is 4.90 Å². The number of halogens is 1. The molecule has 2 aliphatic heterocycles. The Kier molecular flexibility index (Phi) is 4.09. The van der Waals surface area contributed by atoms with Gasteiger partial charge in [-0.15, -0.1) is 0 Å². The van der Waals surface area contributed by atoms with Gasteiger partial charge in [0, 0.05) is 35.6 Å². The summed E-state index contributed by atoms with van der Waals surface area (Å²) in [5, 5.41) is 4.00. The Morgan fingerprint density at radius 2 is 2.24 bits per heavy atom. The predicted molar refractivity (Wildman–Crippen MR) is 83.1 cm³/mol. The Bertz CT molecular complexity index is 541. The third-order valence-corrected chi connectivity index (χ3v) is 4.86.